The van der Waals surface area contributed by atoms with Crippen molar-refractivity contribution in [2.45, 2.75) is 37.2 Å². The summed E-state index contributed by atoms with van der Waals surface area (Å²) < 4.78 is 45.7. The fraction of sp³-hybridized carbons (Fsp3) is 0.600. The van der Waals surface area contributed by atoms with Crippen LogP contribution in [0.2, 0.25) is 0 Å². The minimum Gasteiger partial charge on any atom is -0.378 e. The number of halogens is 1. The predicted molar refractivity (Wildman–Crippen MR) is 82.5 cm³/mol. The lowest BCUT2D eigenvalue weighted by Gasteiger charge is -2.31. The molecule has 7 heteroatoms. The summed E-state index contributed by atoms with van der Waals surface area (Å²) in [6, 6.07) is 3.85. The minimum absolute atomic E-state index is 0.0509. The summed E-state index contributed by atoms with van der Waals surface area (Å²) in [6.45, 7) is 3.66. The van der Waals surface area contributed by atoms with Gasteiger partial charge in [-0.05, 0) is 50.4 Å². The monoisotopic (exact) mass is 330 g/mol. The molecule has 1 aliphatic rings. The van der Waals surface area contributed by atoms with Crippen LogP contribution in [0.15, 0.2) is 23.1 Å². The van der Waals surface area contributed by atoms with E-state index in [1.54, 1.807) is 6.92 Å². The maximum atomic E-state index is 13.4. The van der Waals surface area contributed by atoms with Crippen LogP contribution < -0.4 is 5.73 Å². The number of hydrogen-bond donors (Lipinski definition) is 1. The van der Waals surface area contributed by atoms with Crippen LogP contribution in [0.3, 0.4) is 0 Å². The fourth-order valence-corrected chi connectivity index (χ4v) is 4.27. The van der Waals surface area contributed by atoms with E-state index < -0.39 is 15.8 Å². The van der Waals surface area contributed by atoms with Crippen LogP contribution in [0.5, 0.6) is 0 Å². The fourth-order valence-electron chi connectivity index (χ4n) is 2.56. The molecular weight excluding hydrogens is 307 g/mol. The van der Waals surface area contributed by atoms with Crippen molar-refractivity contribution < 1.29 is 17.5 Å². The number of nitrogens with zero attached hydrogens (tertiary/aromatic N) is 1. The first kappa shape index (κ1) is 17.3. The summed E-state index contributed by atoms with van der Waals surface area (Å²) in [5.74, 6) is -0.538. The van der Waals surface area contributed by atoms with Gasteiger partial charge in [-0.25, -0.2) is 12.8 Å². The van der Waals surface area contributed by atoms with Gasteiger partial charge in [0.15, 0.2) is 0 Å². The van der Waals surface area contributed by atoms with E-state index >= 15 is 0 Å². The number of ether oxygens (including phenoxy) is 1. The third-order valence-corrected chi connectivity index (χ3v) is 5.91. The maximum Gasteiger partial charge on any atom is 0.243 e. The summed E-state index contributed by atoms with van der Waals surface area (Å²) in [6.07, 6.45) is 2.18. The van der Waals surface area contributed by atoms with Gasteiger partial charge >= 0.3 is 0 Å². The van der Waals surface area contributed by atoms with E-state index in [-0.39, 0.29) is 11.0 Å². The van der Waals surface area contributed by atoms with Crippen molar-refractivity contribution >= 4 is 10.0 Å². The largest absolute Gasteiger partial charge is 0.378 e. The molecule has 2 N–H and O–H groups in total. The van der Waals surface area contributed by atoms with Gasteiger partial charge in [0.2, 0.25) is 10.0 Å². The van der Waals surface area contributed by atoms with Crippen molar-refractivity contribution in [2.75, 3.05) is 26.2 Å². The lowest BCUT2D eigenvalue weighted by Crippen LogP contribution is -2.41. The standard InChI is InChI=1S/C15H23FN2O3S/c1-12-3-4-13(16)11-15(12)22(19,20)18-8-5-14(6-9-18)21-10-2-7-17/h3-4,11,14H,2,5-10,17H2,1H3. The molecule has 0 saturated carbocycles. The van der Waals surface area contributed by atoms with Crippen LogP contribution in [0.1, 0.15) is 24.8 Å². The number of rotatable bonds is 6. The highest BCUT2D eigenvalue weighted by atomic mass is 32.2. The minimum atomic E-state index is -3.65. The zero-order valence-electron chi connectivity index (χ0n) is 12.8. The second-order valence-electron chi connectivity index (χ2n) is 5.53. The van der Waals surface area contributed by atoms with Crippen LogP contribution in [0.4, 0.5) is 4.39 Å². The molecule has 0 bridgehead atoms. The van der Waals surface area contributed by atoms with Crippen LogP contribution in [-0.2, 0) is 14.8 Å². The van der Waals surface area contributed by atoms with Crippen molar-refractivity contribution in [1.82, 2.24) is 4.31 Å². The average Bonchev–Trinajstić information content (AvgIpc) is 2.50. The molecule has 0 amide bonds. The molecule has 1 heterocycles. The van der Waals surface area contributed by atoms with Gasteiger partial charge in [-0.2, -0.15) is 4.31 Å². The molecule has 0 radical (unpaired) electrons. The number of piperidine rings is 1. The van der Waals surface area contributed by atoms with Crippen molar-refractivity contribution in [2.24, 2.45) is 5.73 Å². The Labute approximate surface area is 131 Å². The SMILES string of the molecule is Cc1ccc(F)cc1S(=O)(=O)N1CCC(OCCCN)CC1. The molecule has 124 valence electrons. The second-order valence-corrected chi connectivity index (χ2v) is 7.43. The molecule has 0 aromatic heterocycles. The molecule has 1 saturated heterocycles. The first-order valence-corrected chi connectivity index (χ1v) is 8.97. The quantitative estimate of drug-likeness (QED) is 0.805. The Kier molecular flexibility index (Phi) is 5.91. The van der Waals surface area contributed by atoms with Gasteiger partial charge in [-0.1, -0.05) is 6.07 Å². The smallest absolute Gasteiger partial charge is 0.243 e. The van der Waals surface area contributed by atoms with Gasteiger partial charge in [0.1, 0.15) is 5.82 Å². The van der Waals surface area contributed by atoms with Crippen LogP contribution in [-0.4, -0.2) is 45.1 Å². The van der Waals surface area contributed by atoms with Crippen molar-refractivity contribution in [3.8, 4) is 0 Å². The Morgan fingerprint density at radius 1 is 1.36 bits per heavy atom. The van der Waals surface area contributed by atoms with Gasteiger partial charge in [-0.3, -0.25) is 0 Å². The Morgan fingerprint density at radius 2 is 2.05 bits per heavy atom. The van der Waals surface area contributed by atoms with Crippen LogP contribution in [0, 0.1) is 12.7 Å². The molecule has 0 atom stereocenters. The topological polar surface area (TPSA) is 72.6 Å². The molecule has 2 rings (SSSR count). The molecule has 0 unspecified atom stereocenters. The molecule has 5 nitrogen and oxygen atoms in total. The highest BCUT2D eigenvalue weighted by Gasteiger charge is 2.30. The summed E-state index contributed by atoms with van der Waals surface area (Å²) >= 11 is 0. The van der Waals surface area contributed by atoms with Crippen LogP contribution in [0.25, 0.3) is 0 Å². The van der Waals surface area contributed by atoms with E-state index in [4.69, 9.17) is 10.5 Å². The Morgan fingerprint density at radius 3 is 2.68 bits per heavy atom. The maximum absolute atomic E-state index is 13.4. The molecule has 0 aliphatic carbocycles. The second kappa shape index (κ2) is 7.50. The molecule has 22 heavy (non-hydrogen) atoms. The van der Waals surface area contributed by atoms with Gasteiger partial charge in [0, 0.05) is 19.7 Å². The number of aryl methyl sites for hydroxylation is 1. The Bertz CT molecular complexity index is 599. The van der Waals surface area contributed by atoms with E-state index in [1.165, 1.54) is 16.4 Å². The van der Waals surface area contributed by atoms with Gasteiger partial charge < -0.3 is 10.5 Å². The summed E-state index contributed by atoms with van der Waals surface area (Å²) in [7, 11) is -3.65. The molecule has 1 aliphatic heterocycles. The van der Waals surface area contributed by atoms with Gasteiger partial charge in [-0.15, -0.1) is 0 Å². The lowest BCUT2D eigenvalue weighted by atomic mass is 10.1. The van der Waals surface area contributed by atoms with E-state index in [0.717, 1.165) is 12.5 Å². The first-order chi connectivity index (χ1) is 10.4. The van der Waals surface area contributed by atoms with E-state index in [2.05, 4.69) is 0 Å². The summed E-state index contributed by atoms with van der Waals surface area (Å²) in [5, 5.41) is 0. The molecule has 1 aromatic carbocycles. The number of sulfonamides is 1. The molecule has 1 aromatic rings. The van der Waals surface area contributed by atoms with E-state index in [9.17, 15) is 12.8 Å². The van der Waals surface area contributed by atoms with Crippen LogP contribution >= 0.6 is 0 Å². The van der Waals surface area contributed by atoms with Gasteiger partial charge in [0.05, 0.1) is 11.0 Å². The predicted octanol–water partition coefficient (Wildman–Crippen LogP) is 1.65. The number of benzene rings is 1. The van der Waals surface area contributed by atoms with Crippen molar-refractivity contribution in [3.63, 3.8) is 0 Å². The lowest BCUT2D eigenvalue weighted by molar-refractivity contribution is 0.0209. The third kappa shape index (κ3) is 4.04. The van der Waals surface area contributed by atoms with Crippen molar-refractivity contribution in [1.29, 1.82) is 0 Å². The third-order valence-electron chi connectivity index (χ3n) is 3.87. The van der Waals surface area contributed by atoms with E-state index in [1.807, 2.05) is 0 Å². The highest BCUT2D eigenvalue weighted by molar-refractivity contribution is 7.89. The normalized spacial score (nSPS) is 17.8. The highest BCUT2D eigenvalue weighted by Crippen LogP contribution is 2.25. The zero-order valence-corrected chi connectivity index (χ0v) is 13.6. The molecule has 0 spiro atoms. The number of hydrogen-bond acceptors (Lipinski definition) is 4. The summed E-state index contributed by atoms with van der Waals surface area (Å²) in [4.78, 5) is 0.0509. The Balaban J connectivity index is 2.02. The van der Waals surface area contributed by atoms with Gasteiger partial charge in [0.25, 0.3) is 0 Å². The summed E-state index contributed by atoms with van der Waals surface area (Å²) in [5.41, 5.74) is 5.97. The zero-order chi connectivity index (χ0) is 16.2. The molecule has 1 fully saturated rings. The average molecular weight is 330 g/mol. The Hall–Kier alpha value is -1.02. The van der Waals surface area contributed by atoms with E-state index in [0.29, 0.717) is 44.6 Å². The first-order valence-electron chi connectivity index (χ1n) is 7.53. The van der Waals surface area contributed by atoms with Crippen molar-refractivity contribution in [3.05, 3.63) is 29.6 Å². The molecular formula is C15H23FN2O3S. The number of nitrogens with two attached hydrogens (primary N) is 1.